The Morgan fingerprint density at radius 2 is 1.71 bits per heavy atom. The lowest BCUT2D eigenvalue weighted by Gasteiger charge is -2.34. The SMILES string of the molecule is CCC1Cc2ccccc2C1N(CC(=O)O)C(=O)[C@H](CC(=O)O)NC(=O)OCc1ccccc1. The fourth-order valence-corrected chi connectivity index (χ4v) is 4.39. The van der Waals surface area contributed by atoms with Crippen molar-refractivity contribution in [1.82, 2.24) is 10.2 Å². The van der Waals surface area contributed by atoms with Gasteiger partial charge in [-0.1, -0.05) is 67.9 Å². The molecule has 0 fully saturated rings. The number of nitrogens with one attached hydrogen (secondary N) is 1. The maximum atomic E-state index is 13.5. The van der Waals surface area contributed by atoms with Gasteiger partial charge in [0, 0.05) is 0 Å². The van der Waals surface area contributed by atoms with E-state index in [1.54, 1.807) is 24.3 Å². The Labute approximate surface area is 197 Å². The highest BCUT2D eigenvalue weighted by Crippen LogP contribution is 2.42. The average molecular weight is 469 g/mol. The van der Waals surface area contributed by atoms with Gasteiger partial charge in [0.15, 0.2) is 0 Å². The first-order chi connectivity index (χ1) is 16.3. The van der Waals surface area contributed by atoms with E-state index in [2.05, 4.69) is 5.32 Å². The van der Waals surface area contributed by atoms with Crippen molar-refractivity contribution >= 4 is 23.9 Å². The van der Waals surface area contributed by atoms with Crippen LogP contribution < -0.4 is 5.32 Å². The van der Waals surface area contributed by atoms with Crippen molar-refractivity contribution in [1.29, 1.82) is 0 Å². The van der Waals surface area contributed by atoms with E-state index in [9.17, 15) is 29.4 Å². The second kappa shape index (κ2) is 11.3. The molecule has 3 atom stereocenters. The highest BCUT2D eigenvalue weighted by Gasteiger charge is 2.41. The Morgan fingerprint density at radius 1 is 1.03 bits per heavy atom. The monoisotopic (exact) mass is 468 g/mol. The summed E-state index contributed by atoms with van der Waals surface area (Å²) in [7, 11) is 0. The van der Waals surface area contributed by atoms with Crippen LogP contribution in [0.25, 0.3) is 0 Å². The van der Waals surface area contributed by atoms with Gasteiger partial charge in [-0.25, -0.2) is 4.79 Å². The predicted molar refractivity (Wildman–Crippen MR) is 122 cm³/mol. The molecule has 9 nitrogen and oxygen atoms in total. The zero-order valence-electron chi connectivity index (χ0n) is 18.8. The molecule has 0 aliphatic heterocycles. The summed E-state index contributed by atoms with van der Waals surface area (Å²) in [6, 6.07) is 14.4. The number of carboxylic acid groups (broad SMARTS) is 2. The largest absolute Gasteiger partial charge is 0.481 e. The van der Waals surface area contributed by atoms with Crippen LogP contribution in [-0.2, 0) is 32.1 Å². The maximum Gasteiger partial charge on any atom is 0.408 e. The Balaban J connectivity index is 1.83. The second-order valence-electron chi connectivity index (χ2n) is 8.23. The van der Waals surface area contributed by atoms with Gasteiger partial charge in [0.25, 0.3) is 0 Å². The first-order valence-electron chi connectivity index (χ1n) is 11.1. The van der Waals surface area contributed by atoms with Crippen molar-refractivity contribution in [2.75, 3.05) is 6.54 Å². The highest BCUT2D eigenvalue weighted by molar-refractivity contribution is 5.91. The molecule has 0 spiro atoms. The van der Waals surface area contributed by atoms with Crippen LogP contribution in [-0.4, -0.2) is 51.6 Å². The zero-order valence-corrected chi connectivity index (χ0v) is 18.8. The van der Waals surface area contributed by atoms with Crippen LogP contribution in [0.5, 0.6) is 0 Å². The van der Waals surface area contributed by atoms with Crippen molar-refractivity contribution in [3.63, 3.8) is 0 Å². The Hall–Kier alpha value is -3.88. The number of amides is 2. The third kappa shape index (κ3) is 6.12. The van der Waals surface area contributed by atoms with Crippen molar-refractivity contribution in [3.8, 4) is 0 Å². The standard InChI is InChI=1S/C25H28N2O7/c1-2-17-12-18-10-6-7-11-19(18)23(17)27(14-22(30)31)24(32)20(13-21(28)29)26-25(33)34-15-16-8-4-3-5-9-16/h3-11,17,20,23H,2,12-15H2,1H3,(H,26,33)(H,28,29)(H,30,31)/t17?,20-,23?/m0/s1. The maximum absolute atomic E-state index is 13.5. The molecule has 1 aliphatic rings. The minimum absolute atomic E-state index is 0.0313. The molecular weight excluding hydrogens is 440 g/mol. The molecule has 0 aromatic heterocycles. The number of fused-ring (bicyclic) bond motifs is 1. The van der Waals surface area contributed by atoms with Crippen LogP contribution in [0.1, 0.15) is 42.5 Å². The zero-order chi connectivity index (χ0) is 24.7. The quantitative estimate of drug-likeness (QED) is 0.488. The van der Waals surface area contributed by atoms with Crippen molar-refractivity contribution < 1.29 is 34.1 Å². The first kappa shape index (κ1) is 24.8. The van der Waals surface area contributed by atoms with Crippen LogP contribution >= 0.6 is 0 Å². The summed E-state index contributed by atoms with van der Waals surface area (Å²) in [5.74, 6) is -3.35. The normalized spacial score (nSPS) is 17.3. The van der Waals surface area contributed by atoms with Gasteiger partial charge in [0.05, 0.1) is 12.5 Å². The second-order valence-corrected chi connectivity index (χ2v) is 8.23. The highest BCUT2D eigenvalue weighted by atomic mass is 16.5. The fourth-order valence-electron chi connectivity index (χ4n) is 4.39. The third-order valence-electron chi connectivity index (χ3n) is 5.93. The van der Waals surface area contributed by atoms with Gasteiger partial charge in [0.1, 0.15) is 19.2 Å². The van der Waals surface area contributed by atoms with E-state index in [1.807, 2.05) is 37.3 Å². The number of hydrogen-bond donors (Lipinski definition) is 3. The number of carbonyl (C=O) groups is 4. The number of carbonyl (C=O) groups excluding carboxylic acids is 2. The summed E-state index contributed by atoms with van der Waals surface area (Å²) >= 11 is 0. The molecule has 2 amide bonds. The first-order valence-corrected chi connectivity index (χ1v) is 11.1. The van der Waals surface area contributed by atoms with Crippen molar-refractivity contribution in [2.24, 2.45) is 5.92 Å². The van der Waals surface area contributed by atoms with Gasteiger partial charge in [-0.2, -0.15) is 0 Å². The van der Waals surface area contributed by atoms with E-state index >= 15 is 0 Å². The summed E-state index contributed by atoms with van der Waals surface area (Å²) in [4.78, 5) is 50.2. The molecule has 3 rings (SSSR count). The van der Waals surface area contributed by atoms with E-state index in [1.165, 1.54) is 4.90 Å². The summed E-state index contributed by atoms with van der Waals surface area (Å²) in [6.07, 6.45) is -0.298. The van der Waals surface area contributed by atoms with Crippen molar-refractivity contribution in [2.45, 2.75) is 44.9 Å². The molecule has 0 radical (unpaired) electrons. The smallest absolute Gasteiger partial charge is 0.408 e. The lowest BCUT2D eigenvalue weighted by atomic mass is 9.95. The van der Waals surface area contributed by atoms with Crippen LogP contribution in [0, 0.1) is 5.92 Å². The van der Waals surface area contributed by atoms with Gasteiger partial charge in [0.2, 0.25) is 5.91 Å². The number of hydrogen-bond acceptors (Lipinski definition) is 5. The summed E-state index contributed by atoms with van der Waals surface area (Å²) in [6.45, 7) is 1.28. The van der Waals surface area contributed by atoms with E-state index in [-0.39, 0.29) is 12.5 Å². The van der Waals surface area contributed by atoms with E-state index in [0.717, 1.165) is 16.7 Å². The van der Waals surface area contributed by atoms with E-state index in [4.69, 9.17) is 4.74 Å². The molecule has 9 heteroatoms. The summed E-state index contributed by atoms with van der Waals surface area (Å²) < 4.78 is 5.15. The van der Waals surface area contributed by atoms with Gasteiger partial charge < -0.3 is 25.2 Å². The molecule has 3 N–H and O–H groups in total. The topological polar surface area (TPSA) is 133 Å². The van der Waals surface area contributed by atoms with Crippen molar-refractivity contribution in [3.05, 3.63) is 71.3 Å². The Kier molecular flexibility index (Phi) is 8.24. The predicted octanol–water partition coefficient (Wildman–Crippen LogP) is 2.99. The van der Waals surface area contributed by atoms with Crippen LogP contribution in [0.4, 0.5) is 4.79 Å². The molecule has 0 heterocycles. The number of alkyl carbamates (subject to hydrolysis) is 1. The van der Waals surface area contributed by atoms with Crippen LogP contribution in [0.3, 0.4) is 0 Å². The molecule has 34 heavy (non-hydrogen) atoms. The lowest BCUT2D eigenvalue weighted by Crippen LogP contribution is -2.52. The molecule has 180 valence electrons. The molecule has 0 saturated heterocycles. The summed E-state index contributed by atoms with van der Waals surface area (Å²) in [5, 5.41) is 21.2. The number of ether oxygens (including phenoxy) is 1. The van der Waals surface area contributed by atoms with Gasteiger partial charge >= 0.3 is 18.0 Å². The molecule has 1 aliphatic carbocycles. The molecule has 2 aromatic rings. The minimum Gasteiger partial charge on any atom is -0.481 e. The minimum atomic E-state index is -1.48. The van der Waals surface area contributed by atoms with Crippen LogP contribution in [0.2, 0.25) is 0 Å². The van der Waals surface area contributed by atoms with Gasteiger partial charge in [-0.3, -0.25) is 14.4 Å². The summed E-state index contributed by atoms with van der Waals surface area (Å²) in [5.41, 5.74) is 2.58. The average Bonchev–Trinajstić information content (AvgIpc) is 3.19. The number of nitrogens with zero attached hydrogens (tertiary/aromatic N) is 1. The lowest BCUT2D eigenvalue weighted by molar-refractivity contribution is -0.149. The van der Waals surface area contributed by atoms with E-state index in [0.29, 0.717) is 12.8 Å². The molecule has 2 unspecified atom stereocenters. The number of benzene rings is 2. The van der Waals surface area contributed by atoms with Crippen LogP contribution in [0.15, 0.2) is 54.6 Å². The number of carboxylic acids is 2. The Morgan fingerprint density at radius 3 is 2.35 bits per heavy atom. The molecule has 0 bridgehead atoms. The number of aliphatic carboxylic acids is 2. The molecular formula is C25H28N2O7. The fraction of sp³-hybridized carbons (Fsp3) is 0.360. The third-order valence-corrected chi connectivity index (χ3v) is 5.93. The molecule has 2 aromatic carbocycles. The molecule has 0 saturated carbocycles. The number of rotatable bonds is 10. The van der Waals surface area contributed by atoms with E-state index < -0.39 is 49.0 Å². The van der Waals surface area contributed by atoms with Gasteiger partial charge in [-0.15, -0.1) is 0 Å². The van der Waals surface area contributed by atoms with Gasteiger partial charge in [-0.05, 0) is 29.0 Å². The Bertz CT molecular complexity index is 1040.